The first kappa shape index (κ1) is 20.0. The van der Waals surface area contributed by atoms with Gasteiger partial charge in [0.2, 0.25) is 5.78 Å². The molecule has 0 radical (unpaired) electrons. The van der Waals surface area contributed by atoms with Crippen molar-refractivity contribution < 1.29 is 19.1 Å². The van der Waals surface area contributed by atoms with Gasteiger partial charge in [0.05, 0.1) is 15.6 Å². The predicted octanol–water partition coefficient (Wildman–Crippen LogP) is 6.23. The highest BCUT2D eigenvalue weighted by Gasteiger charge is 2.28. The lowest BCUT2D eigenvalue weighted by molar-refractivity contribution is -0.128. The number of Topliss-reactive ketones (excluding diaryl/α,β-unsaturated/α-hetero) is 1. The van der Waals surface area contributed by atoms with Gasteiger partial charge >= 0.3 is 5.97 Å². The normalized spacial score (nSPS) is 14.1. The maximum Gasteiger partial charge on any atom is 0.336 e. The first-order valence-electron chi connectivity index (χ1n) is 8.98. The number of esters is 1. The molecule has 0 atom stereocenters. The van der Waals surface area contributed by atoms with E-state index in [1.165, 1.54) is 12.1 Å². The molecular weight excluding hydrogens is 423 g/mol. The van der Waals surface area contributed by atoms with Crippen molar-refractivity contribution in [1.82, 2.24) is 0 Å². The Balaban J connectivity index is 1.49. The van der Waals surface area contributed by atoms with Crippen molar-refractivity contribution in [2.45, 2.75) is 0 Å². The van der Waals surface area contributed by atoms with E-state index in [1.54, 1.807) is 42.5 Å². The quantitative estimate of drug-likeness (QED) is 0.276. The first-order valence-corrected chi connectivity index (χ1v) is 9.73. The van der Waals surface area contributed by atoms with Crippen LogP contribution in [0.2, 0.25) is 10.0 Å². The number of carbonyl (C=O) groups excluding carboxylic acids is 2. The number of fused-ring (bicyclic) bond motifs is 1. The Labute approximate surface area is 183 Å². The Hall–Kier alpha value is -3.34. The van der Waals surface area contributed by atoms with Crippen molar-refractivity contribution in [1.29, 1.82) is 0 Å². The third-order valence-corrected chi connectivity index (χ3v) is 5.05. The van der Waals surface area contributed by atoms with Crippen LogP contribution in [0.5, 0.6) is 11.5 Å². The number of rotatable bonds is 4. The molecule has 3 aromatic rings. The minimum absolute atomic E-state index is 0.149. The second kappa shape index (κ2) is 8.57. The molecule has 3 aromatic carbocycles. The van der Waals surface area contributed by atoms with Gasteiger partial charge in [0, 0.05) is 12.1 Å². The number of ether oxygens (including phenoxy) is 2. The van der Waals surface area contributed by atoms with Gasteiger partial charge in [-0.2, -0.15) is 0 Å². The molecule has 0 fully saturated rings. The molecule has 0 spiro atoms. The number of hydrogen-bond donors (Lipinski definition) is 0. The molecular formula is C24H14Cl2O4. The topological polar surface area (TPSA) is 52.6 Å². The lowest BCUT2D eigenvalue weighted by Gasteiger charge is -2.03. The molecule has 0 unspecified atom stereocenters. The SMILES string of the molecule is O=C(C=Cc1ccccc1)Oc1ccc2c(c1)OC(=Cc1ccc(Cl)c(Cl)c1)C2=O. The molecule has 4 rings (SSSR count). The van der Waals surface area contributed by atoms with Gasteiger partial charge in [0.1, 0.15) is 11.5 Å². The van der Waals surface area contributed by atoms with Crippen LogP contribution < -0.4 is 9.47 Å². The molecule has 0 aliphatic carbocycles. The van der Waals surface area contributed by atoms with Gasteiger partial charge in [-0.15, -0.1) is 0 Å². The molecule has 1 aliphatic rings. The average Bonchev–Trinajstić information content (AvgIpc) is 3.04. The summed E-state index contributed by atoms with van der Waals surface area (Å²) in [6, 6.07) is 19.0. The number of allylic oxidation sites excluding steroid dienone is 1. The zero-order valence-corrected chi connectivity index (χ0v) is 17.0. The summed E-state index contributed by atoms with van der Waals surface area (Å²) in [5, 5.41) is 0.806. The molecule has 1 aliphatic heterocycles. The molecule has 0 amide bonds. The van der Waals surface area contributed by atoms with E-state index in [1.807, 2.05) is 30.3 Å². The van der Waals surface area contributed by atoms with Crippen LogP contribution in [-0.2, 0) is 4.79 Å². The Morgan fingerprint density at radius 2 is 1.70 bits per heavy atom. The maximum absolute atomic E-state index is 12.6. The second-order valence-corrected chi connectivity index (χ2v) is 7.25. The van der Waals surface area contributed by atoms with Gasteiger partial charge in [0.25, 0.3) is 0 Å². The predicted molar refractivity (Wildman–Crippen MR) is 117 cm³/mol. The fourth-order valence-electron chi connectivity index (χ4n) is 2.86. The molecule has 1 heterocycles. The van der Waals surface area contributed by atoms with Crippen LogP contribution in [0, 0.1) is 0 Å². The summed E-state index contributed by atoms with van der Waals surface area (Å²) in [5.41, 5.74) is 1.95. The Kier molecular flexibility index (Phi) is 5.70. The highest BCUT2D eigenvalue weighted by atomic mass is 35.5. The van der Waals surface area contributed by atoms with Crippen LogP contribution in [0.15, 0.2) is 78.6 Å². The summed E-state index contributed by atoms with van der Waals surface area (Å²) in [6.45, 7) is 0. The Morgan fingerprint density at radius 1 is 0.900 bits per heavy atom. The van der Waals surface area contributed by atoms with Crippen LogP contribution in [0.4, 0.5) is 0 Å². The van der Waals surface area contributed by atoms with Crippen LogP contribution >= 0.6 is 23.2 Å². The van der Waals surface area contributed by atoms with E-state index in [4.69, 9.17) is 32.7 Å². The van der Waals surface area contributed by atoms with Crippen molar-refractivity contribution in [2.24, 2.45) is 0 Å². The number of carbonyl (C=O) groups is 2. The molecule has 4 nitrogen and oxygen atoms in total. The zero-order valence-electron chi connectivity index (χ0n) is 15.5. The monoisotopic (exact) mass is 436 g/mol. The molecule has 0 N–H and O–H groups in total. The molecule has 0 aromatic heterocycles. The number of halogens is 2. The van der Waals surface area contributed by atoms with Crippen molar-refractivity contribution >= 4 is 47.1 Å². The number of hydrogen-bond acceptors (Lipinski definition) is 4. The van der Waals surface area contributed by atoms with E-state index >= 15 is 0 Å². The Morgan fingerprint density at radius 3 is 2.47 bits per heavy atom. The van der Waals surface area contributed by atoms with E-state index in [2.05, 4.69) is 0 Å². The molecule has 6 heteroatoms. The van der Waals surface area contributed by atoms with E-state index < -0.39 is 5.97 Å². The van der Waals surface area contributed by atoms with Crippen molar-refractivity contribution in [2.75, 3.05) is 0 Å². The number of ketones is 1. The average molecular weight is 437 g/mol. The molecule has 0 saturated carbocycles. The van der Waals surface area contributed by atoms with Gasteiger partial charge in [-0.1, -0.05) is 59.6 Å². The summed E-state index contributed by atoms with van der Waals surface area (Å²) in [7, 11) is 0. The van der Waals surface area contributed by atoms with Crippen LogP contribution in [-0.4, -0.2) is 11.8 Å². The van der Waals surface area contributed by atoms with E-state index in [-0.39, 0.29) is 17.3 Å². The van der Waals surface area contributed by atoms with E-state index in [0.717, 1.165) is 5.56 Å². The molecule has 30 heavy (non-hydrogen) atoms. The summed E-state index contributed by atoms with van der Waals surface area (Å²) >= 11 is 11.9. The van der Waals surface area contributed by atoms with Gasteiger partial charge in [0.15, 0.2) is 5.76 Å². The summed E-state index contributed by atoms with van der Waals surface area (Å²) < 4.78 is 11.0. The van der Waals surface area contributed by atoms with Crippen LogP contribution in [0.3, 0.4) is 0 Å². The van der Waals surface area contributed by atoms with Gasteiger partial charge in [-0.3, -0.25) is 4.79 Å². The van der Waals surface area contributed by atoms with Gasteiger partial charge < -0.3 is 9.47 Å². The fourth-order valence-corrected chi connectivity index (χ4v) is 3.17. The van der Waals surface area contributed by atoms with E-state index in [0.29, 0.717) is 26.9 Å². The summed E-state index contributed by atoms with van der Waals surface area (Å²) in [4.78, 5) is 24.6. The van der Waals surface area contributed by atoms with Crippen molar-refractivity contribution in [3.05, 3.63) is 105 Å². The maximum atomic E-state index is 12.6. The lowest BCUT2D eigenvalue weighted by atomic mass is 10.1. The standard InChI is InChI=1S/C24H14Cl2O4/c25-19-10-6-16(12-20(19)26)13-22-24(28)18-9-8-17(14-21(18)30-22)29-23(27)11-7-15-4-2-1-3-5-15/h1-14H. The largest absolute Gasteiger partial charge is 0.452 e. The zero-order chi connectivity index (χ0) is 21.1. The van der Waals surface area contributed by atoms with Crippen molar-refractivity contribution in [3.63, 3.8) is 0 Å². The third-order valence-electron chi connectivity index (χ3n) is 4.31. The van der Waals surface area contributed by atoms with Gasteiger partial charge in [-0.05, 0) is 47.5 Å². The minimum atomic E-state index is -0.533. The molecule has 0 bridgehead atoms. The smallest absolute Gasteiger partial charge is 0.336 e. The van der Waals surface area contributed by atoms with Gasteiger partial charge in [-0.25, -0.2) is 4.79 Å². The summed E-state index contributed by atoms with van der Waals surface area (Å²) in [6.07, 6.45) is 4.58. The lowest BCUT2D eigenvalue weighted by Crippen LogP contribution is -2.03. The van der Waals surface area contributed by atoms with E-state index in [9.17, 15) is 9.59 Å². The summed E-state index contributed by atoms with van der Waals surface area (Å²) in [5.74, 6) is -0.0489. The fraction of sp³-hybridized carbons (Fsp3) is 0. The molecule has 0 saturated heterocycles. The Bertz CT molecular complexity index is 1200. The highest BCUT2D eigenvalue weighted by Crippen LogP contribution is 2.35. The highest BCUT2D eigenvalue weighted by molar-refractivity contribution is 6.42. The van der Waals surface area contributed by atoms with Crippen molar-refractivity contribution in [3.8, 4) is 11.5 Å². The number of benzene rings is 3. The minimum Gasteiger partial charge on any atom is -0.452 e. The van der Waals surface area contributed by atoms with Crippen LogP contribution in [0.1, 0.15) is 21.5 Å². The van der Waals surface area contributed by atoms with Crippen LogP contribution in [0.25, 0.3) is 12.2 Å². The molecule has 148 valence electrons. The second-order valence-electron chi connectivity index (χ2n) is 6.44. The third kappa shape index (κ3) is 4.46. The first-order chi connectivity index (χ1) is 14.5.